The SMILES string of the molecule is C=C/C(=C\C=C(/C)F)C1CCCCN(C)CC1. The van der Waals surface area contributed by atoms with Crippen molar-refractivity contribution in [3.63, 3.8) is 0 Å². The monoisotopic (exact) mass is 237 g/mol. The fourth-order valence-electron chi connectivity index (χ4n) is 2.32. The van der Waals surface area contributed by atoms with Crippen molar-refractivity contribution in [2.24, 2.45) is 5.92 Å². The first-order chi connectivity index (χ1) is 8.13. The van der Waals surface area contributed by atoms with Crippen LogP contribution in [-0.2, 0) is 0 Å². The van der Waals surface area contributed by atoms with Crippen molar-refractivity contribution in [2.45, 2.75) is 32.6 Å². The summed E-state index contributed by atoms with van der Waals surface area (Å²) in [7, 11) is 2.17. The van der Waals surface area contributed by atoms with Gasteiger partial charge in [0.05, 0.1) is 5.83 Å². The van der Waals surface area contributed by atoms with Crippen LogP contribution in [-0.4, -0.2) is 25.0 Å². The molecule has 1 nitrogen and oxygen atoms in total. The van der Waals surface area contributed by atoms with E-state index in [1.165, 1.54) is 38.3 Å². The molecule has 0 amide bonds. The van der Waals surface area contributed by atoms with Crippen LogP contribution < -0.4 is 0 Å². The lowest BCUT2D eigenvalue weighted by molar-refractivity contribution is 0.273. The van der Waals surface area contributed by atoms with Crippen molar-refractivity contribution in [3.8, 4) is 0 Å². The molecular weight excluding hydrogens is 213 g/mol. The van der Waals surface area contributed by atoms with E-state index in [1.54, 1.807) is 6.08 Å². The summed E-state index contributed by atoms with van der Waals surface area (Å²) in [6.07, 6.45) is 10.2. The quantitative estimate of drug-likeness (QED) is 0.668. The molecule has 96 valence electrons. The molecule has 0 aromatic carbocycles. The summed E-state index contributed by atoms with van der Waals surface area (Å²) in [6.45, 7) is 7.65. The van der Waals surface area contributed by atoms with Gasteiger partial charge in [-0.3, -0.25) is 0 Å². The molecule has 1 fully saturated rings. The molecule has 1 saturated heterocycles. The van der Waals surface area contributed by atoms with Crippen LogP contribution >= 0.6 is 0 Å². The first-order valence-electron chi connectivity index (χ1n) is 6.48. The Labute approximate surface area is 105 Å². The second-order valence-corrected chi connectivity index (χ2v) is 4.91. The van der Waals surface area contributed by atoms with Crippen molar-refractivity contribution >= 4 is 0 Å². The molecule has 1 aliphatic heterocycles. The van der Waals surface area contributed by atoms with Crippen LogP contribution in [0.3, 0.4) is 0 Å². The Kier molecular flexibility index (Phi) is 6.20. The Hall–Kier alpha value is -0.890. The smallest absolute Gasteiger partial charge is 0.0968 e. The summed E-state index contributed by atoms with van der Waals surface area (Å²) < 4.78 is 12.7. The molecule has 17 heavy (non-hydrogen) atoms. The first-order valence-corrected chi connectivity index (χ1v) is 6.48. The van der Waals surface area contributed by atoms with Crippen LogP contribution in [0.1, 0.15) is 32.6 Å². The second-order valence-electron chi connectivity index (χ2n) is 4.91. The van der Waals surface area contributed by atoms with E-state index in [-0.39, 0.29) is 5.83 Å². The number of rotatable bonds is 3. The van der Waals surface area contributed by atoms with Gasteiger partial charge in [0.15, 0.2) is 0 Å². The largest absolute Gasteiger partial charge is 0.306 e. The van der Waals surface area contributed by atoms with Crippen LogP contribution in [0.15, 0.2) is 36.2 Å². The van der Waals surface area contributed by atoms with Gasteiger partial charge in [0.2, 0.25) is 0 Å². The molecule has 0 aromatic heterocycles. The Morgan fingerprint density at radius 1 is 1.24 bits per heavy atom. The van der Waals surface area contributed by atoms with Gasteiger partial charge in [-0.15, -0.1) is 0 Å². The molecule has 0 spiro atoms. The van der Waals surface area contributed by atoms with E-state index < -0.39 is 0 Å². The maximum Gasteiger partial charge on any atom is 0.0968 e. The minimum atomic E-state index is -0.146. The van der Waals surface area contributed by atoms with Crippen molar-refractivity contribution in [2.75, 3.05) is 20.1 Å². The van der Waals surface area contributed by atoms with Gasteiger partial charge in [-0.2, -0.15) is 0 Å². The highest BCUT2D eigenvalue weighted by atomic mass is 19.1. The number of likely N-dealkylation sites (tertiary alicyclic amines) is 1. The number of nitrogens with zero attached hydrogens (tertiary/aromatic N) is 1. The lowest BCUT2D eigenvalue weighted by Crippen LogP contribution is -2.25. The number of allylic oxidation sites excluding steroid dienone is 5. The highest BCUT2D eigenvalue weighted by Gasteiger charge is 2.15. The summed E-state index contributed by atoms with van der Waals surface area (Å²) in [5.74, 6) is 0.387. The van der Waals surface area contributed by atoms with E-state index in [0.29, 0.717) is 5.92 Å². The fourth-order valence-corrected chi connectivity index (χ4v) is 2.32. The molecule has 1 unspecified atom stereocenters. The van der Waals surface area contributed by atoms with Gasteiger partial charge in [-0.1, -0.05) is 25.2 Å². The molecule has 1 atom stereocenters. The molecule has 2 heteroatoms. The van der Waals surface area contributed by atoms with Gasteiger partial charge < -0.3 is 4.90 Å². The molecule has 0 bridgehead atoms. The standard InChI is InChI=1S/C15H24FN/c1-4-14(9-8-13(2)16)15-7-5-6-11-17(3)12-10-15/h4,8-9,15H,1,5-7,10-12H2,2-3H3/b13-8+,14-9+. The van der Waals surface area contributed by atoms with E-state index in [1.807, 2.05) is 12.2 Å². The second kappa shape index (κ2) is 7.44. The summed E-state index contributed by atoms with van der Waals surface area (Å²) in [5, 5.41) is 0. The van der Waals surface area contributed by atoms with Crippen LogP contribution in [0.5, 0.6) is 0 Å². The van der Waals surface area contributed by atoms with Gasteiger partial charge >= 0.3 is 0 Å². The van der Waals surface area contributed by atoms with Gasteiger partial charge in [0.1, 0.15) is 0 Å². The fraction of sp³-hybridized carbons (Fsp3) is 0.600. The third kappa shape index (κ3) is 5.31. The molecule has 1 aliphatic rings. The van der Waals surface area contributed by atoms with E-state index in [9.17, 15) is 4.39 Å². The summed E-state index contributed by atoms with van der Waals surface area (Å²) in [6, 6.07) is 0. The van der Waals surface area contributed by atoms with Gasteiger partial charge in [0.25, 0.3) is 0 Å². The minimum Gasteiger partial charge on any atom is -0.306 e. The Balaban J connectivity index is 2.69. The average molecular weight is 237 g/mol. The van der Waals surface area contributed by atoms with Crippen molar-refractivity contribution in [1.29, 1.82) is 0 Å². The van der Waals surface area contributed by atoms with Crippen LogP contribution in [0.2, 0.25) is 0 Å². The predicted octanol–water partition coefficient (Wildman–Crippen LogP) is 4.09. The van der Waals surface area contributed by atoms with E-state index >= 15 is 0 Å². The Morgan fingerprint density at radius 3 is 2.65 bits per heavy atom. The number of hydrogen-bond acceptors (Lipinski definition) is 1. The molecule has 0 N–H and O–H groups in total. The first kappa shape index (κ1) is 14.2. The highest BCUT2D eigenvalue weighted by molar-refractivity contribution is 5.25. The van der Waals surface area contributed by atoms with Gasteiger partial charge in [0, 0.05) is 0 Å². The van der Waals surface area contributed by atoms with Gasteiger partial charge in [-0.05, 0) is 63.9 Å². The van der Waals surface area contributed by atoms with Crippen molar-refractivity contribution < 1.29 is 4.39 Å². The van der Waals surface area contributed by atoms with Gasteiger partial charge in [-0.25, -0.2) is 4.39 Å². The average Bonchev–Trinajstić information content (AvgIpc) is 2.27. The van der Waals surface area contributed by atoms with E-state index in [2.05, 4.69) is 18.5 Å². The zero-order chi connectivity index (χ0) is 12.7. The molecule has 1 heterocycles. The molecule has 0 aromatic rings. The third-order valence-electron chi connectivity index (χ3n) is 3.41. The van der Waals surface area contributed by atoms with E-state index in [0.717, 1.165) is 13.0 Å². The molecule has 0 saturated carbocycles. The van der Waals surface area contributed by atoms with E-state index in [4.69, 9.17) is 0 Å². The van der Waals surface area contributed by atoms with Crippen LogP contribution in [0.25, 0.3) is 0 Å². The lowest BCUT2D eigenvalue weighted by atomic mass is 9.88. The topological polar surface area (TPSA) is 3.24 Å². The van der Waals surface area contributed by atoms with Crippen molar-refractivity contribution in [3.05, 3.63) is 36.2 Å². The highest BCUT2D eigenvalue weighted by Crippen LogP contribution is 2.25. The zero-order valence-corrected chi connectivity index (χ0v) is 11.1. The summed E-state index contributed by atoms with van der Waals surface area (Å²) in [4.78, 5) is 2.38. The zero-order valence-electron chi connectivity index (χ0n) is 11.1. The number of halogens is 1. The minimum absolute atomic E-state index is 0.146. The molecular formula is C15H24FN. The molecule has 0 aliphatic carbocycles. The number of hydrogen-bond donors (Lipinski definition) is 0. The predicted molar refractivity (Wildman–Crippen MR) is 72.6 cm³/mol. The normalized spacial score (nSPS) is 25.2. The maximum atomic E-state index is 12.7. The molecule has 0 radical (unpaired) electrons. The van der Waals surface area contributed by atoms with Crippen molar-refractivity contribution in [1.82, 2.24) is 4.90 Å². The Morgan fingerprint density at radius 2 is 2.00 bits per heavy atom. The molecule has 1 rings (SSSR count). The summed E-state index contributed by atoms with van der Waals surface area (Å²) >= 11 is 0. The van der Waals surface area contributed by atoms with Crippen LogP contribution in [0, 0.1) is 5.92 Å². The Bertz CT molecular complexity index is 300. The maximum absolute atomic E-state index is 12.7. The third-order valence-corrected chi connectivity index (χ3v) is 3.41. The van der Waals surface area contributed by atoms with Crippen LogP contribution in [0.4, 0.5) is 4.39 Å². The summed E-state index contributed by atoms with van der Waals surface area (Å²) in [5.41, 5.74) is 1.18. The lowest BCUT2D eigenvalue weighted by Gasteiger charge is -2.26.